The molecule has 3 aliphatic rings. The smallest absolute Gasteiger partial charge is 0.223 e. The first-order chi connectivity index (χ1) is 9.13. The SMILES string of the molecule is CCC1CCC(O)(CNC(=O)C2C3CCCC32)CC1. The van der Waals surface area contributed by atoms with Gasteiger partial charge in [-0.05, 0) is 56.3 Å². The van der Waals surface area contributed by atoms with Crippen molar-refractivity contribution in [3.63, 3.8) is 0 Å². The van der Waals surface area contributed by atoms with Gasteiger partial charge < -0.3 is 10.4 Å². The Kier molecular flexibility index (Phi) is 3.59. The number of hydrogen-bond acceptors (Lipinski definition) is 2. The van der Waals surface area contributed by atoms with Crippen molar-refractivity contribution < 1.29 is 9.90 Å². The van der Waals surface area contributed by atoms with Crippen LogP contribution >= 0.6 is 0 Å². The summed E-state index contributed by atoms with van der Waals surface area (Å²) < 4.78 is 0. The molecular weight excluding hydrogens is 238 g/mol. The number of fused-ring (bicyclic) bond motifs is 1. The highest BCUT2D eigenvalue weighted by atomic mass is 16.3. The highest BCUT2D eigenvalue weighted by Gasteiger charge is 2.56. The molecule has 0 spiro atoms. The Bertz CT molecular complexity index is 337. The topological polar surface area (TPSA) is 49.3 Å². The number of carbonyl (C=O) groups excluding carboxylic acids is 1. The second-order valence-corrected chi connectivity index (χ2v) is 7.08. The third-order valence-electron chi connectivity index (χ3n) is 5.91. The fourth-order valence-corrected chi connectivity index (χ4v) is 4.38. The lowest BCUT2D eigenvalue weighted by molar-refractivity contribution is -0.124. The summed E-state index contributed by atoms with van der Waals surface area (Å²) in [5.74, 6) is 2.61. The van der Waals surface area contributed by atoms with Crippen LogP contribution in [0.5, 0.6) is 0 Å². The number of aliphatic hydroxyl groups is 1. The van der Waals surface area contributed by atoms with Crippen molar-refractivity contribution in [2.24, 2.45) is 23.7 Å². The van der Waals surface area contributed by atoms with Crippen LogP contribution in [0.1, 0.15) is 58.3 Å². The van der Waals surface area contributed by atoms with Gasteiger partial charge in [0.1, 0.15) is 0 Å². The maximum atomic E-state index is 12.1. The molecular formula is C16H27NO2. The minimum Gasteiger partial charge on any atom is -0.388 e. The lowest BCUT2D eigenvalue weighted by Gasteiger charge is -2.35. The molecule has 0 bridgehead atoms. The zero-order valence-electron chi connectivity index (χ0n) is 12.0. The second kappa shape index (κ2) is 5.08. The average molecular weight is 265 g/mol. The van der Waals surface area contributed by atoms with Crippen molar-refractivity contribution >= 4 is 5.91 Å². The predicted octanol–water partition coefficient (Wildman–Crippen LogP) is 2.48. The van der Waals surface area contributed by atoms with E-state index in [1.54, 1.807) is 0 Å². The molecule has 1 amide bonds. The van der Waals surface area contributed by atoms with Gasteiger partial charge >= 0.3 is 0 Å². The van der Waals surface area contributed by atoms with Crippen molar-refractivity contribution in [2.45, 2.75) is 63.9 Å². The Morgan fingerprint density at radius 3 is 2.42 bits per heavy atom. The summed E-state index contributed by atoms with van der Waals surface area (Å²) in [5, 5.41) is 13.6. The van der Waals surface area contributed by atoms with Gasteiger partial charge in [-0.15, -0.1) is 0 Å². The van der Waals surface area contributed by atoms with E-state index in [9.17, 15) is 9.90 Å². The molecule has 19 heavy (non-hydrogen) atoms. The molecule has 108 valence electrons. The first-order valence-corrected chi connectivity index (χ1v) is 8.13. The molecule has 2 N–H and O–H groups in total. The number of amides is 1. The maximum absolute atomic E-state index is 12.1. The van der Waals surface area contributed by atoms with Gasteiger partial charge in [-0.3, -0.25) is 4.79 Å². The van der Waals surface area contributed by atoms with Crippen LogP contribution in [-0.2, 0) is 4.79 Å². The summed E-state index contributed by atoms with van der Waals surface area (Å²) in [5.41, 5.74) is -0.634. The van der Waals surface area contributed by atoms with Crippen LogP contribution in [0.3, 0.4) is 0 Å². The van der Waals surface area contributed by atoms with Crippen LogP contribution in [-0.4, -0.2) is 23.2 Å². The van der Waals surface area contributed by atoms with E-state index in [-0.39, 0.29) is 11.8 Å². The summed E-state index contributed by atoms with van der Waals surface area (Å²) >= 11 is 0. The van der Waals surface area contributed by atoms with Gasteiger partial charge in [0.25, 0.3) is 0 Å². The summed E-state index contributed by atoms with van der Waals surface area (Å²) in [6.45, 7) is 2.70. The monoisotopic (exact) mass is 265 g/mol. The van der Waals surface area contributed by atoms with Crippen molar-refractivity contribution in [3.05, 3.63) is 0 Å². The zero-order chi connectivity index (χ0) is 13.5. The zero-order valence-corrected chi connectivity index (χ0v) is 12.0. The Morgan fingerprint density at radius 2 is 1.84 bits per heavy atom. The molecule has 0 saturated heterocycles. The summed E-state index contributed by atoms with van der Waals surface area (Å²) in [4.78, 5) is 12.1. The number of hydrogen-bond donors (Lipinski definition) is 2. The molecule has 0 heterocycles. The van der Waals surface area contributed by atoms with Crippen molar-refractivity contribution in [1.29, 1.82) is 0 Å². The molecule has 3 heteroatoms. The first-order valence-electron chi connectivity index (χ1n) is 8.13. The molecule has 2 unspecified atom stereocenters. The first kappa shape index (κ1) is 13.4. The van der Waals surface area contributed by atoms with Crippen molar-refractivity contribution in [1.82, 2.24) is 5.32 Å². The van der Waals surface area contributed by atoms with Gasteiger partial charge in [0, 0.05) is 12.5 Å². The summed E-state index contributed by atoms with van der Waals surface area (Å²) in [6.07, 6.45) is 8.92. The van der Waals surface area contributed by atoms with E-state index in [1.165, 1.54) is 25.7 Å². The second-order valence-electron chi connectivity index (χ2n) is 7.08. The number of carbonyl (C=O) groups is 1. The van der Waals surface area contributed by atoms with Gasteiger partial charge in [0.2, 0.25) is 5.91 Å². The van der Waals surface area contributed by atoms with E-state index in [0.29, 0.717) is 18.4 Å². The van der Waals surface area contributed by atoms with Gasteiger partial charge in [0.15, 0.2) is 0 Å². The third-order valence-corrected chi connectivity index (χ3v) is 5.91. The summed E-state index contributed by atoms with van der Waals surface area (Å²) in [7, 11) is 0. The highest BCUT2D eigenvalue weighted by Crippen LogP contribution is 2.57. The predicted molar refractivity (Wildman–Crippen MR) is 74.5 cm³/mol. The Morgan fingerprint density at radius 1 is 1.21 bits per heavy atom. The van der Waals surface area contributed by atoms with Crippen LogP contribution < -0.4 is 5.32 Å². The maximum Gasteiger partial charge on any atom is 0.223 e. The lowest BCUT2D eigenvalue weighted by atomic mass is 9.78. The van der Waals surface area contributed by atoms with E-state index in [2.05, 4.69) is 12.2 Å². The minimum atomic E-state index is -0.634. The van der Waals surface area contributed by atoms with Crippen molar-refractivity contribution in [2.75, 3.05) is 6.54 Å². The normalized spacial score (nSPS) is 44.7. The number of nitrogens with one attached hydrogen (secondary N) is 1. The molecule has 0 aromatic carbocycles. The van der Waals surface area contributed by atoms with Gasteiger partial charge in [-0.25, -0.2) is 0 Å². The largest absolute Gasteiger partial charge is 0.388 e. The minimum absolute atomic E-state index is 0.209. The van der Waals surface area contributed by atoms with E-state index in [1.807, 2.05) is 0 Å². The average Bonchev–Trinajstić information content (AvgIpc) is 2.90. The Balaban J connectivity index is 1.43. The van der Waals surface area contributed by atoms with Crippen LogP contribution in [0.4, 0.5) is 0 Å². The fraction of sp³-hybridized carbons (Fsp3) is 0.938. The lowest BCUT2D eigenvalue weighted by Crippen LogP contribution is -2.46. The van der Waals surface area contributed by atoms with Crippen LogP contribution in [0.25, 0.3) is 0 Å². The standard InChI is InChI=1S/C16H27NO2/c1-2-11-6-8-16(19,9-7-11)10-17-15(18)14-12-4-3-5-13(12)14/h11-14,19H,2-10H2,1H3,(H,17,18). The van der Waals surface area contributed by atoms with Crippen molar-refractivity contribution in [3.8, 4) is 0 Å². The molecule has 0 aliphatic heterocycles. The Labute approximate surface area is 116 Å². The quantitative estimate of drug-likeness (QED) is 0.820. The van der Waals surface area contributed by atoms with E-state index in [4.69, 9.17) is 0 Å². The number of rotatable bonds is 4. The van der Waals surface area contributed by atoms with Gasteiger partial charge in [-0.1, -0.05) is 19.8 Å². The van der Waals surface area contributed by atoms with E-state index < -0.39 is 5.60 Å². The van der Waals surface area contributed by atoms with Gasteiger partial charge in [-0.2, -0.15) is 0 Å². The molecule has 2 atom stereocenters. The molecule has 0 aromatic heterocycles. The molecule has 3 nitrogen and oxygen atoms in total. The fourth-order valence-electron chi connectivity index (χ4n) is 4.38. The summed E-state index contributed by atoms with van der Waals surface area (Å²) in [6, 6.07) is 0. The molecule has 0 radical (unpaired) electrons. The van der Waals surface area contributed by atoms with Crippen LogP contribution in [0.15, 0.2) is 0 Å². The van der Waals surface area contributed by atoms with Crippen LogP contribution in [0, 0.1) is 23.7 Å². The molecule has 0 aromatic rings. The molecule has 3 fully saturated rings. The highest BCUT2D eigenvalue weighted by molar-refractivity contribution is 5.82. The Hall–Kier alpha value is -0.570. The molecule has 3 saturated carbocycles. The third kappa shape index (κ3) is 2.67. The van der Waals surface area contributed by atoms with Gasteiger partial charge in [0.05, 0.1) is 5.60 Å². The van der Waals surface area contributed by atoms with Crippen LogP contribution in [0.2, 0.25) is 0 Å². The molecule has 3 aliphatic carbocycles. The van der Waals surface area contributed by atoms with E-state index in [0.717, 1.165) is 31.6 Å². The molecule has 3 rings (SSSR count). The van der Waals surface area contributed by atoms with E-state index >= 15 is 0 Å².